The number of anilines is 1. The Morgan fingerprint density at radius 2 is 1.78 bits per heavy atom. The number of rotatable bonds is 9. The Balaban J connectivity index is 1.86. The summed E-state index contributed by atoms with van der Waals surface area (Å²) in [6.07, 6.45) is 0. The van der Waals surface area contributed by atoms with Crippen molar-refractivity contribution in [3.8, 4) is 5.75 Å². The van der Waals surface area contributed by atoms with E-state index in [4.69, 9.17) is 9.26 Å². The first-order chi connectivity index (χ1) is 15.1. The molecule has 0 bridgehead atoms. The monoisotopic (exact) mass is 458 g/mol. The molecule has 1 heterocycles. The number of aliphatic hydroxyl groups is 1. The normalized spacial score (nSPS) is 11.7. The minimum atomic E-state index is -3.79. The zero-order valence-corrected chi connectivity index (χ0v) is 19.9. The number of sulfonamides is 1. The molecule has 3 rings (SSSR count). The average Bonchev–Trinajstić information content (AvgIpc) is 3.08. The van der Waals surface area contributed by atoms with E-state index in [1.165, 1.54) is 4.31 Å². The van der Waals surface area contributed by atoms with Crippen LogP contribution in [0, 0.1) is 26.7 Å². The van der Waals surface area contributed by atoms with Crippen LogP contribution in [-0.2, 0) is 23.2 Å². The standard InChI is InChI=1S/C24H30N2O5S/c1-16(2)13-26(24-11-6-20(14-27)12-17(24)3)32(28,29)22-9-7-21(8-10-22)30-15-23-18(4)25-31-19(23)5/h6-12,16,27H,13-15H2,1-5H3. The predicted molar refractivity (Wildman–Crippen MR) is 123 cm³/mol. The van der Waals surface area contributed by atoms with Crippen LogP contribution in [0.4, 0.5) is 5.69 Å². The number of nitrogens with zero attached hydrogens (tertiary/aromatic N) is 2. The second-order valence-electron chi connectivity index (χ2n) is 8.27. The van der Waals surface area contributed by atoms with E-state index in [1.54, 1.807) is 36.4 Å². The Labute approximate surface area is 189 Å². The molecule has 32 heavy (non-hydrogen) atoms. The van der Waals surface area contributed by atoms with Crippen molar-refractivity contribution in [2.75, 3.05) is 10.8 Å². The summed E-state index contributed by atoms with van der Waals surface area (Å²) < 4.78 is 39.5. The third-order valence-electron chi connectivity index (χ3n) is 5.22. The summed E-state index contributed by atoms with van der Waals surface area (Å²) in [4.78, 5) is 0.188. The van der Waals surface area contributed by atoms with Crippen molar-refractivity contribution >= 4 is 15.7 Å². The van der Waals surface area contributed by atoms with Crippen molar-refractivity contribution in [3.63, 3.8) is 0 Å². The lowest BCUT2D eigenvalue weighted by molar-refractivity contribution is 0.282. The number of aromatic nitrogens is 1. The quantitative estimate of drug-likeness (QED) is 0.507. The molecule has 172 valence electrons. The summed E-state index contributed by atoms with van der Waals surface area (Å²) in [5, 5.41) is 13.3. The SMILES string of the molecule is Cc1cc(CO)ccc1N(CC(C)C)S(=O)(=O)c1ccc(OCc2c(C)noc2C)cc1. The van der Waals surface area contributed by atoms with Gasteiger partial charge in [-0.15, -0.1) is 0 Å². The summed E-state index contributed by atoms with van der Waals surface area (Å²) in [5.41, 5.74) is 3.79. The molecule has 0 unspecified atom stereocenters. The summed E-state index contributed by atoms with van der Waals surface area (Å²) in [6.45, 7) is 10.0. The van der Waals surface area contributed by atoms with Crippen molar-refractivity contribution in [2.45, 2.75) is 52.7 Å². The Morgan fingerprint density at radius 1 is 1.09 bits per heavy atom. The fourth-order valence-corrected chi connectivity index (χ4v) is 5.14. The van der Waals surface area contributed by atoms with E-state index in [2.05, 4.69) is 5.16 Å². The molecule has 0 amide bonds. The largest absolute Gasteiger partial charge is 0.489 e. The first-order valence-corrected chi connectivity index (χ1v) is 11.9. The maximum Gasteiger partial charge on any atom is 0.264 e. The van der Waals surface area contributed by atoms with Gasteiger partial charge in [-0.05, 0) is 68.1 Å². The molecule has 1 aromatic heterocycles. The van der Waals surface area contributed by atoms with Crippen LogP contribution >= 0.6 is 0 Å². The van der Waals surface area contributed by atoms with E-state index in [0.29, 0.717) is 30.3 Å². The van der Waals surface area contributed by atoms with Crippen LogP contribution in [0.25, 0.3) is 0 Å². The van der Waals surface area contributed by atoms with Crippen molar-refractivity contribution < 1.29 is 22.8 Å². The highest BCUT2D eigenvalue weighted by Crippen LogP contribution is 2.30. The highest BCUT2D eigenvalue weighted by molar-refractivity contribution is 7.92. The highest BCUT2D eigenvalue weighted by atomic mass is 32.2. The molecule has 0 aliphatic rings. The van der Waals surface area contributed by atoms with E-state index in [0.717, 1.165) is 22.4 Å². The molecule has 0 aliphatic carbocycles. The number of aliphatic hydroxyl groups excluding tert-OH is 1. The molecule has 2 aromatic carbocycles. The maximum atomic E-state index is 13.5. The van der Waals surface area contributed by atoms with Crippen molar-refractivity contribution in [1.82, 2.24) is 5.16 Å². The molecule has 0 spiro atoms. The van der Waals surface area contributed by atoms with Gasteiger partial charge >= 0.3 is 0 Å². The molecular formula is C24H30N2O5S. The molecule has 0 saturated carbocycles. The second kappa shape index (κ2) is 9.75. The Morgan fingerprint density at radius 3 is 2.31 bits per heavy atom. The topological polar surface area (TPSA) is 92.9 Å². The fraction of sp³-hybridized carbons (Fsp3) is 0.375. The van der Waals surface area contributed by atoms with Crippen LogP contribution in [-0.4, -0.2) is 25.2 Å². The maximum absolute atomic E-state index is 13.5. The lowest BCUT2D eigenvalue weighted by Gasteiger charge is -2.28. The highest BCUT2D eigenvalue weighted by Gasteiger charge is 2.27. The Hall–Kier alpha value is -2.84. The van der Waals surface area contributed by atoms with Gasteiger partial charge in [-0.2, -0.15) is 0 Å². The number of benzene rings is 2. The van der Waals surface area contributed by atoms with Gasteiger partial charge in [-0.25, -0.2) is 8.42 Å². The van der Waals surface area contributed by atoms with Crippen LogP contribution in [0.15, 0.2) is 51.9 Å². The number of hydrogen-bond donors (Lipinski definition) is 1. The van der Waals surface area contributed by atoms with Crippen molar-refractivity contribution in [3.05, 3.63) is 70.6 Å². The van der Waals surface area contributed by atoms with Gasteiger partial charge in [0.2, 0.25) is 0 Å². The number of aryl methyl sites for hydroxylation is 3. The van der Waals surface area contributed by atoms with E-state index in [9.17, 15) is 13.5 Å². The molecule has 0 aliphatic heterocycles. The Bertz CT molecular complexity index is 1150. The molecule has 1 N–H and O–H groups in total. The Kier molecular flexibility index (Phi) is 7.26. The molecule has 7 nitrogen and oxygen atoms in total. The zero-order chi connectivity index (χ0) is 23.5. The minimum absolute atomic E-state index is 0.0898. The summed E-state index contributed by atoms with van der Waals surface area (Å²) >= 11 is 0. The lowest BCUT2D eigenvalue weighted by atomic mass is 10.1. The number of hydrogen-bond acceptors (Lipinski definition) is 6. The van der Waals surface area contributed by atoms with Crippen molar-refractivity contribution in [1.29, 1.82) is 0 Å². The van der Waals surface area contributed by atoms with Gasteiger partial charge in [-0.3, -0.25) is 4.31 Å². The molecule has 0 atom stereocenters. The van der Waals surface area contributed by atoms with E-state index < -0.39 is 10.0 Å². The van der Waals surface area contributed by atoms with E-state index in [-0.39, 0.29) is 17.4 Å². The molecule has 3 aromatic rings. The first kappa shape index (κ1) is 23.8. The van der Waals surface area contributed by atoms with Crippen LogP contribution in [0.5, 0.6) is 5.75 Å². The summed E-state index contributed by atoms with van der Waals surface area (Å²) in [6, 6.07) is 11.7. The second-order valence-corrected chi connectivity index (χ2v) is 10.1. The zero-order valence-electron chi connectivity index (χ0n) is 19.1. The van der Waals surface area contributed by atoms with Gasteiger partial charge in [-0.1, -0.05) is 31.1 Å². The lowest BCUT2D eigenvalue weighted by Crippen LogP contribution is -2.34. The van der Waals surface area contributed by atoms with Gasteiger partial charge < -0.3 is 14.4 Å². The smallest absolute Gasteiger partial charge is 0.264 e. The summed E-state index contributed by atoms with van der Waals surface area (Å²) in [7, 11) is -3.79. The number of ether oxygens (including phenoxy) is 1. The van der Waals surface area contributed by atoms with Crippen LogP contribution in [0.1, 0.15) is 42.0 Å². The van der Waals surface area contributed by atoms with Gasteiger partial charge in [0.15, 0.2) is 0 Å². The van der Waals surface area contributed by atoms with Crippen molar-refractivity contribution in [2.24, 2.45) is 5.92 Å². The van der Waals surface area contributed by atoms with E-state index in [1.807, 2.05) is 40.7 Å². The summed E-state index contributed by atoms with van der Waals surface area (Å²) in [5.74, 6) is 1.38. The molecule has 8 heteroatoms. The van der Waals surface area contributed by atoms with Gasteiger partial charge in [0.25, 0.3) is 10.0 Å². The third-order valence-corrected chi connectivity index (χ3v) is 7.01. The van der Waals surface area contributed by atoms with E-state index >= 15 is 0 Å². The first-order valence-electron chi connectivity index (χ1n) is 10.5. The average molecular weight is 459 g/mol. The molecule has 0 saturated heterocycles. The van der Waals surface area contributed by atoms with Crippen LogP contribution < -0.4 is 9.04 Å². The van der Waals surface area contributed by atoms with Crippen LogP contribution in [0.3, 0.4) is 0 Å². The molecular weight excluding hydrogens is 428 g/mol. The fourth-order valence-electron chi connectivity index (χ4n) is 3.45. The van der Waals surface area contributed by atoms with Gasteiger partial charge in [0.05, 0.1) is 28.4 Å². The molecule has 0 fully saturated rings. The van der Waals surface area contributed by atoms with Crippen LogP contribution in [0.2, 0.25) is 0 Å². The third kappa shape index (κ3) is 5.14. The molecule has 0 radical (unpaired) electrons. The van der Waals surface area contributed by atoms with Gasteiger partial charge in [0.1, 0.15) is 18.1 Å². The predicted octanol–water partition coefficient (Wildman–Crippen LogP) is 4.52. The minimum Gasteiger partial charge on any atom is -0.489 e. The van der Waals surface area contributed by atoms with Gasteiger partial charge in [0, 0.05) is 6.54 Å².